The molecule has 1 aromatic heterocycles. The zero-order valence-electron chi connectivity index (χ0n) is 18.0. The van der Waals surface area contributed by atoms with Gasteiger partial charge in [0.05, 0.1) is 36.8 Å². The number of hydrogen-bond donors (Lipinski definition) is 0. The van der Waals surface area contributed by atoms with Gasteiger partial charge >= 0.3 is 0 Å². The third-order valence-corrected chi connectivity index (χ3v) is 7.41. The highest BCUT2D eigenvalue weighted by Gasteiger charge is 2.34. The summed E-state index contributed by atoms with van der Waals surface area (Å²) in [5.41, 5.74) is 0.710. The minimum Gasteiger partial charge on any atom is -0.376 e. The molecule has 4 rings (SSSR count). The molecule has 1 amide bonds. The van der Waals surface area contributed by atoms with E-state index in [4.69, 9.17) is 4.74 Å². The smallest absolute Gasteiger partial charge is 0.228 e. The maximum Gasteiger partial charge on any atom is 0.228 e. The Hall–Kier alpha value is -2.52. The molecule has 1 unspecified atom stereocenters. The van der Waals surface area contributed by atoms with Crippen molar-refractivity contribution in [1.82, 2.24) is 14.5 Å². The molecule has 0 N–H and O–H groups in total. The van der Waals surface area contributed by atoms with Crippen LogP contribution in [0.4, 0.5) is 4.39 Å². The van der Waals surface area contributed by atoms with Crippen LogP contribution in [0.1, 0.15) is 36.9 Å². The van der Waals surface area contributed by atoms with Crippen molar-refractivity contribution in [3.63, 3.8) is 0 Å². The monoisotopic (exact) mass is 461 g/mol. The fourth-order valence-corrected chi connectivity index (χ4v) is 5.52. The number of amides is 1. The number of nitrogens with zero attached hydrogens (tertiary/aromatic N) is 3. The van der Waals surface area contributed by atoms with Crippen molar-refractivity contribution in [2.24, 2.45) is 5.92 Å². The highest BCUT2D eigenvalue weighted by molar-refractivity contribution is 7.90. The van der Waals surface area contributed by atoms with Gasteiger partial charge in [0.1, 0.15) is 5.82 Å². The number of benzene rings is 1. The molecule has 1 aromatic carbocycles. The highest BCUT2D eigenvalue weighted by atomic mass is 32.2. The number of hydrogen-bond acceptors (Lipinski definition) is 5. The van der Waals surface area contributed by atoms with E-state index in [2.05, 4.69) is 11.6 Å². The van der Waals surface area contributed by atoms with Crippen LogP contribution in [-0.4, -0.2) is 48.0 Å². The van der Waals surface area contributed by atoms with Crippen molar-refractivity contribution >= 4 is 15.7 Å². The van der Waals surface area contributed by atoms with Crippen LogP contribution in [0.5, 0.6) is 0 Å². The third-order valence-electron chi connectivity index (χ3n) is 5.83. The molecule has 9 heteroatoms. The van der Waals surface area contributed by atoms with E-state index in [9.17, 15) is 17.6 Å². The van der Waals surface area contributed by atoms with Gasteiger partial charge in [-0.25, -0.2) is 17.8 Å². The van der Waals surface area contributed by atoms with Crippen LogP contribution < -0.4 is 0 Å². The Bertz CT molecular complexity index is 1090. The van der Waals surface area contributed by atoms with Crippen molar-refractivity contribution in [2.75, 3.05) is 13.2 Å². The molecule has 1 saturated carbocycles. The number of rotatable bonds is 10. The minimum absolute atomic E-state index is 0.0359. The maximum atomic E-state index is 14.1. The summed E-state index contributed by atoms with van der Waals surface area (Å²) in [7, 11) is -3.93. The zero-order chi connectivity index (χ0) is 22.7. The second-order valence-corrected chi connectivity index (χ2v) is 10.3. The topological polar surface area (TPSA) is 81.5 Å². The molecule has 1 saturated heterocycles. The van der Waals surface area contributed by atoms with E-state index in [0.29, 0.717) is 25.4 Å². The van der Waals surface area contributed by atoms with Gasteiger partial charge in [-0.15, -0.1) is 6.58 Å². The first-order valence-electron chi connectivity index (χ1n) is 10.9. The van der Waals surface area contributed by atoms with E-state index in [1.165, 1.54) is 24.4 Å². The quantitative estimate of drug-likeness (QED) is 0.508. The average molecular weight is 462 g/mol. The first kappa shape index (κ1) is 22.7. The summed E-state index contributed by atoms with van der Waals surface area (Å²) in [6, 6.07) is 5.83. The van der Waals surface area contributed by atoms with Crippen molar-refractivity contribution in [1.29, 1.82) is 0 Å². The molecule has 1 atom stereocenters. The van der Waals surface area contributed by atoms with Gasteiger partial charge in [-0.05, 0) is 31.7 Å². The molecule has 0 bridgehead atoms. The lowest BCUT2D eigenvalue weighted by Crippen LogP contribution is -2.33. The summed E-state index contributed by atoms with van der Waals surface area (Å²) in [6.45, 7) is 5.30. The fraction of sp³-hybridized carbons (Fsp3) is 0.478. The standard InChI is InChI=1S/C23H28FN3O4S/c1-2-11-26(22(28)17-9-10-17)14-19-13-25-23(27(19)15-20-7-5-12-31-20)32(29,30)16-18-6-3-4-8-21(18)24/h2-4,6,8,13,17,20H,1,5,7,9-12,14-16H2. The Morgan fingerprint density at radius 2 is 2.09 bits per heavy atom. The summed E-state index contributed by atoms with van der Waals surface area (Å²) >= 11 is 0. The number of imidazole rings is 1. The summed E-state index contributed by atoms with van der Waals surface area (Å²) < 4.78 is 48.0. The van der Waals surface area contributed by atoms with Crippen molar-refractivity contribution < 1.29 is 22.3 Å². The van der Waals surface area contributed by atoms with E-state index < -0.39 is 21.4 Å². The Kier molecular flexibility index (Phi) is 6.76. The lowest BCUT2D eigenvalue weighted by Gasteiger charge is -2.23. The molecule has 32 heavy (non-hydrogen) atoms. The minimum atomic E-state index is -3.93. The van der Waals surface area contributed by atoms with Crippen LogP contribution in [-0.2, 0) is 38.2 Å². The van der Waals surface area contributed by atoms with Crippen molar-refractivity contribution in [2.45, 2.75) is 55.8 Å². The van der Waals surface area contributed by atoms with Crippen LogP contribution in [0, 0.1) is 11.7 Å². The van der Waals surface area contributed by atoms with Crippen LogP contribution in [0.25, 0.3) is 0 Å². The second kappa shape index (κ2) is 9.54. The molecule has 2 fully saturated rings. The molecular weight excluding hydrogens is 433 g/mol. The second-order valence-electron chi connectivity index (χ2n) is 8.41. The molecule has 0 spiro atoms. The van der Waals surface area contributed by atoms with E-state index in [-0.39, 0.29) is 35.2 Å². The first-order valence-corrected chi connectivity index (χ1v) is 12.6. The average Bonchev–Trinajstić information content (AvgIpc) is 3.34. The lowest BCUT2D eigenvalue weighted by molar-refractivity contribution is -0.132. The molecule has 2 aromatic rings. The molecule has 172 valence electrons. The van der Waals surface area contributed by atoms with Crippen LogP contribution in [0.15, 0.2) is 48.3 Å². The van der Waals surface area contributed by atoms with E-state index in [1.807, 2.05) is 0 Å². The number of ether oxygens (including phenoxy) is 1. The molecule has 2 heterocycles. The summed E-state index contributed by atoms with van der Waals surface area (Å²) in [5.74, 6) is -0.973. The van der Waals surface area contributed by atoms with E-state index in [1.54, 1.807) is 21.6 Å². The van der Waals surface area contributed by atoms with Gasteiger partial charge in [0.25, 0.3) is 0 Å². The van der Waals surface area contributed by atoms with E-state index >= 15 is 0 Å². The fourth-order valence-electron chi connectivity index (χ4n) is 4.01. The Morgan fingerprint density at radius 3 is 2.75 bits per heavy atom. The van der Waals surface area contributed by atoms with Crippen molar-refractivity contribution in [3.8, 4) is 0 Å². The Balaban J connectivity index is 1.65. The Labute approximate surface area is 187 Å². The van der Waals surface area contributed by atoms with Gasteiger partial charge in [0.15, 0.2) is 0 Å². The van der Waals surface area contributed by atoms with Gasteiger partial charge < -0.3 is 14.2 Å². The zero-order valence-corrected chi connectivity index (χ0v) is 18.8. The first-order chi connectivity index (χ1) is 15.4. The molecule has 7 nitrogen and oxygen atoms in total. The molecule has 1 aliphatic carbocycles. The lowest BCUT2D eigenvalue weighted by atomic mass is 10.2. The van der Waals surface area contributed by atoms with E-state index in [0.717, 1.165) is 25.7 Å². The predicted octanol–water partition coefficient (Wildman–Crippen LogP) is 3.10. The van der Waals surface area contributed by atoms with Crippen molar-refractivity contribution in [3.05, 3.63) is 60.2 Å². The molecule has 0 radical (unpaired) electrons. The van der Waals surface area contributed by atoms with Gasteiger partial charge in [-0.3, -0.25) is 4.79 Å². The number of aromatic nitrogens is 2. The highest BCUT2D eigenvalue weighted by Crippen LogP contribution is 2.32. The number of halogens is 1. The summed E-state index contributed by atoms with van der Waals surface area (Å²) in [5, 5.41) is -0.122. The van der Waals surface area contributed by atoms with Crippen LogP contribution >= 0.6 is 0 Å². The molecule has 2 aliphatic rings. The maximum absolute atomic E-state index is 14.1. The summed E-state index contributed by atoms with van der Waals surface area (Å²) in [6.07, 6.45) is 6.53. The number of carbonyl (C=O) groups excluding carboxylic acids is 1. The third kappa shape index (κ3) is 5.10. The van der Waals surface area contributed by atoms with Gasteiger partial charge in [-0.1, -0.05) is 24.3 Å². The summed E-state index contributed by atoms with van der Waals surface area (Å²) in [4.78, 5) is 18.6. The molecular formula is C23H28FN3O4S. The molecule has 1 aliphatic heterocycles. The van der Waals surface area contributed by atoms with Crippen LogP contribution in [0.3, 0.4) is 0 Å². The Morgan fingerprint density at radius 1 is 1.31 bits per heavy atom. The number of carbonyl (C=O) groups is 1. The predicted molar refractivity (Wildman–Crippen MR) is 117 cm³/mol. The normalized spacial score (nSPS) is 18.6. The number of sulfone groups is 1. The largest absolute Gasteiger partial charge is 0.376 e. The van der Waals surface area contributed by atoms with Crippen LogP contribution in [0.2, 0.25) is 0 Å². The SMILES string of the molecule is C=CCN(Cc1cnc(S(=O)(=O)Cc2ccccc2F)n1CC1CCCO1)C(=O)C1CC1. The van der Waals surface area contributed by atoms with Gasteiger partial charge in [0, 0.05) is 24.6 Å². The van der Waals surface area contributed by atoms with Gasteiger partial charge in [-0.2, -0.15) is 0 Å². The van der Waals surface area contributed by atoms with Gasteiger partial charge in [0.2, 0.25) is 20.9 Å².